The minimum Gasteiger partial charge on any atom is -0.493 e. The normalized spacial score (nSPS) is 12.4. The van der Waals surface area contributed by atoms with E-state index in [1.54, 1.807) is 0 Å². The fourth-order valence-corrected chi connectivity index (χ4v) is 8.58. The molecule has 0 N–H and O–H groups in total. The van der Waals surface area contributed by atoms with Gasteiger partial charge in [0.1, 0.15) is 5.75 Å². The highest BCUT2D eigenvalue weighted by atomic mass is 16.5. The summed E-state index contributed by atoms with van der Waals surface area (Å²) in [5, 5.41) is 8.90. The van der Waals surface area contributed by atoms with E-state index in [1.807, 2.05) is 0 Å². The van der Waals surface area contributed by atoms with Crippen LogP contribution in [0.1, 0.15) is 51.4 Å². The molecule has 0 unspecified atom stereocenters. The summed E-state index contributed by atoms with van der Waals surface area (Å²) in [5.41, 5.74) is 16.9. The van der Waals surface area contributed by atoms with E-state index in [2.05, 4.69) is 139 Å². The highest BCUT2D eigenvalue weighted by Gasteiger charge is 2.31. The Hall–Kier alpha value is -4.88. The summed E-state index contributed by atoms with van der Waals surface area (Å²) < 4.78 is 6.83. The molecule has 1 heteroatoms. The molecule has 7 aromatic carbocycles. The minimum atomic E-state index is 0.599. The first kappa shape index (κ1) is 27.7. The van der Waals surface area contributed by atoms with Crippen LogP contribution in [-0.2, 0) is 0 Å². The molecule has 0 aromatic heterocycles. The van der Waals surface area contributed by atoms with Gasteiger partial charge in [0.25, 0.3) is 0 Å². The van der Waals surface area contributed by atoms with Crippen molar-refractivity contribution in [3.63, 3.8) is 0 Å². The average Bonchev–Trinajstić information content (AvgIpc) is 3.34. The van der Waals surface area contributed by atoms with Gasteiger partial charge < -0.3 is 4.74 Å². The predicted molar refractivity (Wildman–Crippen MR) is 193 cm³/mol. The van der Waals surface area contributed by atoms with E-state index < -0.39 is 0 Å². The summed E-state index contributed by atoms with van der Waals surface area (Å²) >= 11 is 0. The first-order valence-corrected chi connectivity index (χ1v) is 16.2. The fourth-order valence-electron chi connectivity index (χ4n) is 8.58. The molecule has 0 saturated heterocycles. The highest BCUT2D eigenvalue weighted by Crippen LogP contribution is 2.51. The highest BCUT2D eigenvalue weighted by molar-refractivity contribution is 6.32. The second-order valence-corrected chi connectivity index (χ2v) is 13.0. The Labute approximate surface area is 265 Å². The Balaban J connectivity index is 1.70. The molecule has 45 heavy (non-hydrogen) atoms. The zero-order valence-corrected chi connectivity index (χ0v) is 27.3. The quantitative estimate of drug-likeness (QED) is 0.148. The van der Waals surface area contributed by atoms with Gasteiger partial charge >= 0.3 is 0 Å². The third-order valence-electron chi connectivity index (χ3n) is 9.88. The largest absolute Gasteiger partial charge is 0.493 e. The van der Waals surface area contributed by atoms with Crippen LogP contribution in [0.25, 0.3) is 60.1 Å². The number of aryl methyl sites for hydroxylation is 6. The van der Waals surface area contributed by atoms with Crippen molar-refractivity contribution in [2.24, 2.45) is 0 Å². The second kappa shape index (κ2) is 10.1. The van der Waals surface area contributed by atoms with E-state index in [1.165, 1.54) is 110 Å². The zero-order valence-electron chi connectivity index (χ0n) is 27.3. The van der Waals surface area contributed by atoms with E-state index in [0.717, 1.165) is 5.75 Å². The van der Waals surface area contributed by atoms with Gasteiger partial charge in [0.05, 0.1) is 6.61 Å². The molecule has 8 rings (SSSR count). The number of rotatable bonds is 4. The zero-order chi connectivity index (χ0) is 31.1. The van der Waals surface area contributed by atoms with Gasteiger partial charge in [-0.3, -0.25) is 0 Å². The molecule has 1 nitrogen and oxygen atoms in total. The molecule has 1 aliphatic carbocycles. The first-order chi connectivity index (χ1) is 21.8. The smallest absolute Gasteiger partial charge is 0.136 e. The minimum absolute atomic E-state index is 0.599. The Morgan fingerprint density at radius 3 is 1.64 bits per heavy atom. The number of hydrogen-bond acceptors (Lipinski definition) is 1. The van der Waals surface area contributed by atoms with Gasteiger partial charge in [-0.15, -0.1) is 0 Å². The van der Waals surface area contributed by atoms with Crippen LogP contribution >= 0.6 is 0 Å². The maximum absolute atomic E-state index is 6.83. The SMILES string of the molecule is CCOc1c2c(c3cccc4c(-c5c(C)cc(C)cc5C)c5ccccc5c1c43)=C(c1c(C)cc(C)cc1C)c1ccccc1-2. The molecule has 0 fully saturated rings. The number of hydrogen-bond donors (Lipinski definition) is 0. The van der Waals surface area contributed by atoms with Crippen molar-refractivity contribution in [2.45, 2.75) is 48.5 Å². The van der Waals surface area contributed by atoms with Crippen LogP contribution in [0.2, 0.25) is 0 Å². The summed E-state index contributed by atoms with van der Waals surface area (Å²) in [6.45, 7) is 16.2. The summed E-state index contributed by atoms with van der Waals surface area (Å²) in [4.78, 5) is 0. The summed E-state index contributed by atoms with van der Waals surface area (Å²) in [7, 11) is 0. The molecule has 0 radical (unpaired) electrons. The van der Waals surface area contributed by atoms with Crippen molar-refractivity contribution in [2.75, 3.05) is 6.61 Å². The lowest BCUT2D eigenvalue weighted by atomic mass is 9.82. The molecule has 0 aliphatic heterocycles. The lowest BCUT2D eigenvalue weighted by Crippen LogP contribution is -2.13. The molecular weight excluding hydrogens is 544 g/mol. The predicted octanol–water partition coefficient (Wildman–Crippen LogP) is 11.0. The van der Waals surface area contributed by atoms with Gasteiger partial charge in [-0.1, -0.05) is 102 Å². The molecule has 0 bridgehead atoms. The number of fused-ring (bicyclic) bond motifs is 6. The average molecular weight is 583 g/mol. The van der Waals surface area contributed by atoms with Crippen LogP contribution in [0.15, 0.2) is 91.0 Å². The van der Waals surface area contributed by atoms with Gasteiger partial charge in [-0.2, -0.15) is 0 Å². The van der Waals surface area contributed by atoms with Gasteiger partial charge in [0, 0.05) is 21.6 Å². The van der Waals surface area contributed by atoms with E-state index in [0.29, 0.717) is 6.61 Å². The Kier molecular flexibility index (Phi) is 6.19. The third-order valence-corrected chi connectivity index (χ3v) is 9.88. The molecule has 7 aromatic rings. The topological polar surface area (TPSA) is 9.23 Å². The third kappa shape index (κ3) is 3.86. The standard InChI is InChI=1S/C44H38O/c1-8-45-44-42-32-16-11-9-14-30(32)38(36-26(4)20-24(2)21-27(36)5)34-18-13-19-35(39(34)42)41-40(31-15-10-12-17-33(31)43(41)44)37-28(6)22-25(3)23-29(37)7/h9-23H,8H2,1-7H3. The maximum Gasteiger partial charge on any atom is 0.136 e. The van der Waals surface area contributed by atoms with Crippen molar-refractivity contribution in [3.05, 3.63) is 141 Å². The lowest BCUT2D eigenvalue weighted by Gasteiger charge is -2.23. The first-order valence-electron chi connectivity index (χ1n) is 16.2. The Morgan fingerprint density at radius 1 is 0.467 bits per heavy atom. The molecule has 0 amide bonds. The van der Waals surface area contributed by atoms with Crippen LogP contribution < -0.4 is 9.96 Å². The summed E-state index contributed by atoms with van der Waals surface area (Å²) in [5.74, 6) is 1.00. The molecule has 0 saturated carbocycles. The van der Waals surface area contributed by atoms with Crippen LogP contribution in [0.5, 0.6) is 5.75 Å². The molecule has 0 heterocycles. The Morgan fingerprint density at radius 2 is 1.00 bits per heavy atom. The van der Waals surface area contributed by atoms with Gasteiger partial charge in [0.2, 0.25) is 0 Å². The summed E-state index contributed by atoms with van der Waals surface area (Å²) in [6, 6.07) is 34.2. The van der Waals surface area contributed by atoms with Crippen LogP contribution in [0.3, 0.4) is 0 Å². The van der Waals surface area contributed by atoms with Gasteiger partial charge in [-0.25, -0.2) is 0 Å². The fraction of sp³-hybridized carbons (Fsp3) is 0.182. The maximum atomic E-state index is 6.83. The van der Waals surface area contributed by atoms with Gasteiger partial charge in [-0.05, 0) is 126 Å². The number of benzene rings is 7. The molecule has 220 valence electrons. The van der Waals surface area contributed by atoms with E-state index in [-0.39, 0.29) is 0 Å². The number of ether oxygens (including phenoxy) is 1. The van der Waals surface area contributed by atoms with Crippen LogP contribution in [0.4, 0.5) is 0 Å². The van der Waals surface area contributed by atoms with Crippen molar-refractivity contribution in [1.29, 1.82) is 0 Å². The van der Waals surface area contributed by atoms with Crippen molar-refractivity contribution in [1.82, 2.24) is 0 Å². The lowest BCUT2D eigenvalue weighted by molar-refractivity contribution is 0.346. The van der Waals surface area contributed by atoms with Crippen LogP contribution in [-0.4, -0.2) is 6.61 Å². The molecule has 0 atom stereocenters. The van der Waals surface area contributed by atoms with Crippen molar-refractivity contribution < 1.29 is 4.74 Å². The van der Waals surface area contributed by atoms with E-state index >= 15 is 0 Å². The van der Waals surface area contributed by atoms with E-state index in [4.69, 9.17) is 4.74 Å². The van der Waals surface area contributed by atoms with Crippen molar-refractivity contribution in [3.8, 4) is 28.0 Å². The van der Waals surface area contributed by atoms with Gasteiger partial charge in [0.15, 0.2) is 0 Å². The Bertz CT molecular complexity index is 2390. The van der Waals surface area contributed by atoms with Crippen LogP contribution in [0, 0.1) is 41.5 Å². The van der Waals surface area contributed by atoms with Crippen molar-refractivity contribution >= 4 is 37.9 Å². The monoisotopic (exact) mass is 582 g/mol. The molecular formula is C44H38O. The molecule has 0 spiro atoms. The second-order valence-electron chi connectivity index (χ2n) is 13.0. The molecule has 1 aliphatic rings. The summed E-state index contributed by atoms with van der Waals surface area (Å²) in [6.07, 6.45) is 0. The van der Waals surface area contributed by atoms with E-state index in [9.17, 15) is 0 Å².